The predicted octanol–water partition coefficient (Wildman–Crippen LogP) is 7.49. The number of allylic oxidation sites excluding steroid dienone is 4. The third kappa shape index (κ3) is 5.71. The van der Waals surface area contributed by atoms with E-state index in [-0.39, 0.29) is 17.1 Å². The maximum atomic E-state index is 13.3. The highest BCUT2D eigenvalue weighted by molar-refractivity contribution is 5.98. The van der Waals surface area contributed by atoms with Gasteiger partial charge >= 0.3 is 0 Å². The first-order chi connectivity index (χ1) is 17.0. The van der Waals surface area contributed by atoms with Crippen molar-refractivity contribution in [3.8, 4) is 0 Å². The number of carbonyl (C=O) groups is 2. The van der Waals surface area contributed by atoms with Gasteiger partial charge in [-0.25, -0.2) is 0 Å². The van der Waals surface area contributed by atoms with E-state index in [1.54, 1.807) is 6.08 Å². The molecule has 0 saturated heterocycles. The summed E-state index contributed by atoms with van der Waals surface area (Å²) < 4.78 is 0. The molecule has 4 aliphatic rings. The van der Waals surface area contributed by atoms with Crippen molar-refractivity contribution in [2.45, 2.75) is 103 Å². The van der Waals surface area contributed by atoms with Crippen LogP contribution in [0.15, 0.2) is 53.1 Å². The van der Waals surface area contributed by atoms with Gasteiger partial charge in [0.25, 0.3) is 0 Å². The van der Waals surface area contributed by atoms with Crippen molar-refractivity contribution in [2.24, 2.45) is 17.3 Å². The Morgan fingerprint density at radius 1 is 1.00 bits per heavy atom. The molecule has 0 heterocycles. The maximum absolute atomic E-state index is 13.3. The Morgan fingerprint density at radius 2 is 1.74 bits per heavy atom. The van der Waals surface area contributed by atoms with Gasteiger partial charge in [0, 0.05) is 31.3 Å². The molecule has 2 saturated carbocycles. The second kappa shape index (κ2) is 11.8. The monoisotopic (exact) mass is 476 g/mol. The normalized spacial score (nSPS) is 29.6. The lowest BCUT2D eigenvalue weighted by Crippen LogP contribution is -2.44. The molecule has 0 amide bonds. The van der Waals surface area contributed by atoms with Crippen molar-refractivity contribution in [2.75, 3.05) is 6.61 Å². The van der Waals surface area contributed by atoms with Crippen LogP contribution in [0.3, 0.4) is 0 Å². The molecular formula is C32H44O3. The van der Waals surface area contributed by atoms with Gasteiger partial charge in [-0.1, -0.05) is 82.7 Å². The first-order valence-corrected chi connectivity index (χ1v) is 14.1. The van der Waals surface area contributed by atoms with E-state index < -0.39 is 0 Å². The molecule has 2 fully saturated rings. The summed E-state index contributed by atoms with van der Waals surface area (Å²) in [4.78, 5) is 25.2. The molecule has 0 aromatic heterocycles. The third-order valence-corrected chi connectivity index (χ3v) is 9.06. The van der Waals surface area contributed by atoms with Gasteiger partial charge in [0.1, 0.15) is 5.78 Å². The molecule has 1 aromatic carbocycles. The van der Waals surface area contributed by atoms with Crippen LogP contribution in [-0.4, -0.2) is 23.3 Å². The van der Waals surface area contributed by atoms with Crippen LogP contribution in [0.4, 0.5) is 0 Å². The molecular weight excluding hydrogens is 432 g/mol. The Kier molecular flexibility index (Phi) is 8.81. The molecule has 5 rings (SSSR count). The minimum Gasteiger partial charge on any atom is -0.396 e. The summed E-state index contributed by atoms with van der Waals surface area (Å²) in [7, 11) is 0. The molecule has 3 heteroatoms. The van der Waals surface area contributed by atoms with E-state index in [1.165, 1.54) is 68.1 Å². The van der Waals surface area contributed by atoms with Crippen LogP contribution in [0.2, 0.25) is 0 Å². The zero-order chi connectivity index (χ0) is 24.8. The molecule has 0 aliphatic heterocycles. The SMILES string of the molecule is CCCCCCCCO.C[C@@]12CCCC1C1C(=O)CC3=CC(=O)CCC3=C1[C@@H](c1ccccc1)C2. The van der Waals surface area contributed by atoms with Crippen LogP contribution in [0.25, 0.3) is 0 Å². The van der Waals surface area contributed by atoms with Crippen molar-refractivity contribution in [3.05, 3.63) is 58.7 Å². The van der Waals surface area contributed by atoms with Crippen LogP contribution < -0.4 is 0 Å². The maximum Gasteiger partial charge on any atom is 0.156 e. The van der Waals surface area contributed by atoms with Crippen LogP contribution >= 0.6 is 0 Å². The van der Waals surface area contributed by atoms with Crippen molar-refractivity contribution in [3.63, 3.8) is 0 Å². The number of benzene rings is 1. The van der Waals surface area contributed by atoms with Crippen molar-refractivity contribution in [1.82, 2.24) is 0 Å². The largest absolute Gasteiger partial charge is 0.396 e. The van der Waals surface area contributed by atoms with E-state index in [4.69, 9.17) is 5.11 Å². The third-order valence-electron chi connectivity index (χ3n) is 9.06. The first kappa shape index (κ1) is 26.1. The molecule has 2 unspecified atom stereocenters. The van der Waals surface area contributed by atoms with Gasteiger partial charge in [-0.15, -0.1) is 0 Å². The van der Waals surface area contributed by atoms with E-state index in [2.05, 4.69) is 44.2 Å². The fourth-order valence-corrected chi connectivity index (χ4v) is 7.31. The summed E-state index contributed by atoms with van der Waals surface area (Å²) in [6.07, 6.45) is 16.0. The van der Waals surface area contributed by atoms with E-state index >= 15 is 0 Å². The van der Waals surface area contributed by atoms with Gasteiger partial charge in [0.15, 0.2) is 5.78 Å². The zero-order valence-corrected chi connectivity index (χ0v) is 21.9. The molecule has 3 nitrogen and oxygen atoms in total. The fraction of sp³-hybridized carbons (Fsp3) is 0.625. The molecule has 1 N–H and O–H groups in total. The highest BCUT2D eigenvalue weighted by Gasteiger charge is 2.55. The standard InChI is InChI=1S/C24H26O2.C8H18O/c1-24-11-5-8-20(24)23-21(26)13-16-12-17(25)9-10-18(16)22(23)19(14-24)15-6-3-2-4-7-15;1-2-3-4-5-6-7-8-9/h2-4,6-7,12,19-20,23H,5,8-11,13-14H2,1H3;9H,2-8H2,1H3/t19-,20?,23?,24+;/m1./s1. The summed E-state index contributed by atoms with van der Waals surface area (Å²) >= 11 is 0. The van der Waals surface area contributed by atoms with Gasteiger partial charge in [-0.2, -0.15) is 0 Å². The minimum atomic E-state index is 0.0850. The van der Waals surface area contributed by atoms with Crippen molar-refractivity contribution in [1.29, 1.82) is 0 Å². The summed E-state index contributed by atoms with van der Waals surface area (Å²) in [6, 6.07) is 10.8. The number of fused-ring (bicyclic) bond motifs is 4. The minimum absolute atomic E-state index is 0.0850. The second-order valence-electron chi connectivity index (χ2n) is 11.5. The van der Waals surface area contributed by atoms with E-state index in [0.717, 1.165) is 24.8 Å². The molecule has 190 valence electrons. The van der Waals surface area contributed by atoms with Gasteiger partial charge in [-0.05, 0) is 71.8 Å². The second-order valence-corrected chi connectivity index (χ2v) is 11.5. The summed E-state index contributed by atoms with van der Waals surface area (Å²) in [5.41, 5.74) is 5.39. The Morgan fingerprint density at radius 3 is 2.49 bits per heavy atom. The van der Waals surface area contributed by atoms with Gasteiger partial charge in [0.2, 0.25) is 0 Å². The average molecular weight is 477 g/mol. The van der Waals surface area contributed by atoms with Crippen LogP contribution in [0.5, 0.6) is 0 Å². The Hall–Kier alpha value is -2.00. The van der Waals surface area contributed by atoms with Crippen LogP contribution in [0, 0.1) is 17.3 Å². The number of unbranched alkanes of at least 4 members (excludes halogenated alkanes) is 5. The number of ketones is 2. The Labute approximate surface area is 212 Å². The topological polar surface area (TPSA) is 54.4 Å². The molecule has 1 aromatic rings. The van der Waals surface area contributed by atoms with E-state index in [9.17, 15) is 9.59 Å². The number of aliphatic hydroxyl groups excluding tert-OH is 1. The lowest BCUT2D eigenvalue weighted by Gasteiger charge is -2.50. The molecule has 35 heavy (non-hydrogen) atoms. The number of hydrogen-bond donors (Lipinski definition) is 1. The van der Waals surface area contributed by atoms with Crippen molar-refractivity contribution >= 4 is 11.6 Å². The smallest absolute Gasteiger partial charge is 0.156 e. The average Bonchev–Trinajstić information content (AvgIpc) is 3.25. The van der Waals surface area contributed by atoms with Crippen molar-refractivity contribution < 1.29 is 14.7 Å². The lowest BCUT2D eigenvalue weighted by molar-refractivity contribution is -0.125. The molecule has 0 spiro atoms. The summed E-state index contributed by atoms with van der Waals surface area (Å²) in [5, 5.41) is 8.42. The number of carbonyl (C=O) groups excluding carboxylic acids is 2. The quantitative estimate of drug-likeness (QED) is 0.415. The number of aliphatic hydroxyl groups is 1. The Balaban J connectivity index is 0.000000277. The van der Waals surface area contributed by atoms with Crippen LogP contribution in [0.1, 0.15) is 109 Å². The lowest BCUT2D eigenvalue weighted by atomic mass is 9.53. The zero-order valence-electron chi connectivity index (χ0n) is 21.9. The number of Topliss-reactive ketones (excluding diaryl/α,β-unsaturated/α-hetero) is 1. The highest BCUT2D eigenvalue weighted by atomic mass is 16.2. The Bertz CT molecular complexity index is 950. The number of hydrogen-bond acceptors (Lipinski definition) is 3. The van der Waals surface area contributed by atoms with Gasteiger partial charge < -0.3 is 5.11 Å². The molecule has 4 aliphatic carbocycles. The van der Waals surface area contributed by atoms with E-state index in [1.807, 2.05) is 0 Å². The molecule has 0 radical (unpaired) electrons. The highest BCUT2D eigenvalue weighted by Crippen LogP contribution is 2.63. The number of rotatable bonds is 7. The fourth-order valence-electron chi connectivity index (χ4n) is 7.31. The van der Waals surface area contributed by atoms with Gasteiger partial charge in [-0.3, -0.25) is 9.59 Å². The summed E-state index contributed by atoms with van der Waals surface area (Å²) in [6.45, 7) is 5.00. The predicted molar refractivity (Wildman–Crippen MR) is 142 cm³/mol. The molecule has 0 bridgehead atoms. The van der Waals surface area contributed by atoms with E-state index in [0.29, 0.717) is 37.1 Å². The molecule has 4 atom stereocenters. The summed E-state index contributed by atoms with van der Waals surface area (Å²) in [5.74, 6) is 1.46. The van der Waals surface area contributed by atoms with Crippen LogP contribution in [-0.2, 0) is 9.59 Å². The van der Waals surface area contributed by atoms with Gasteiger partial charge in [0.05, 0.1) is 0 Å². The first-order valence-electron chi connectivity index (χ1n) is 14.1.